The van der Waals surface area contributed by atoms with Gasteiger partial charge in [0.25, 0.3) is 0 Å². The summed E-state index contributed by atoms with van der Waals surface area (Å²) in [5.41, 5.74) is -0.0539. The molecule has 80 valence electrons. The summed E-state index contributed by atoms with van der Waals surface area (Å²) < 4.78 is 23.0. The molecule has 15 heavy (non-hydrogen) atoms. The lowest BCUT2D eigenvalue weighted by Crippen LogP contribution is -1.94. The number of isocyanates is 1. The van der Waals surface area contributed by atoms with Crippen LogP contribution in [0.15, 0.2) is 11.1 Å². The van der Waals surface area contributed by atoms with Crippen LogP contribution in [0.1, 0.15) is 0 Å². The van der Waals surface area contributed by atoms with Crippen molar-refractivity contribution in [2.45, 2.75) is 0 Å². The Bertz CT molecular complexity index is 430. The fourth-order valence-corrected chi connectivity index (χ4v) is 1.34. The van der Waals surface area contributed by atoms with Gasteiger partial charge in [-0.2, -0.15) is 4.99 Å². The first-order chi connectivity index (χ1) is 7.15. The average molecular weight is 232 g/mol. The van der Waals surface area contributed by atoms with Gasteiger partial charge in [0.15, 0.2) is 17.3 Å². The van der Waals surface area contributed by atoms with Crippen molar-refractivity contribution in [3.8, 4) is 11.5 Å². The Morgan fingerprint density at radius 2 is 2.00 bits per heavy atom. The quantitative estimate of drug-likeness (QED) is 0.593. The highest BCUT2D eigenvalue weighted by Crippen LogP contribution is 2.43. The number of methoxy groups -OCH3 is 2. The van der Waals surface area contributed by atoms with Crippen molar-refractivity contribution in [2.24, 2.45) is 4.99 Å². The molecule has 0 fully saturated rings. The fourth-order valence-electron chi connectivity index (χ4n) is 1.08. The Morgan fingerprint density at radius 3 is 2.47 bits per heavy atom. The minimum atomic E-state index is -0.715. The largest absolute Gasteiger partial charge is 0.491 e. The standard InChI is InChI=1S/C9H7ClFNO3/c1-14-8-5(11)3-6(12-4-13)7(10)9(8)15-2/h3H,1-2H3. The van der Waals surface area contributed by atoms with Crippen LogP contribution in [0.2, 0.25) is 5.02 Å². The Morgan fingerprint density at radius 1 is 1.40 bits per heavy atom. The highest BCUT2D eigenvalue weighted by Gasteiger charge is 2.18. The predicted molar refractivity (Wildman–Crippen MR) is 52.3 cm³/mol. The summed E-state index contributed by atoms with van der Waals surface area (Å²) in [6.45, 7) is 0. The van der Waals surface area contributed by atoms with Crippen LogP contribution in [0.5, 0.6) is 11.5 Å². The van der Waals surface area contributed by atoms with E-state index in [1.54, 1.807) is 0 Å². The average Bonchev–Trinajstić information content (AvgIpc) is 2.22. The molecule has 6 heteroatoms. The SMILES string of the molecule is COc1c(F)cc(N=C=O)c(Cl)c1OC. The number of aliphatic imine (C=N–C) groups is 1. The van der Waals surface area contributed by atoms with Crippen LogP contribution in [0.25, 0.3) is 0 Å². The number of hydrogen-bond acceptors (Lipinski definition) is 4. The molecule has 0 N–H and O–H groups in total. The molecule has 0 spiro atoms. The Kier molecular flexibility index (Phi) is 3.66. The first-order valence-electron chi connectivity index (χ1n) is 3.83. The molecule has 0 amide bonds. The highest BCUT2D eigenvalue weighted by molar-refractivity contribution is 6.34. The number of hydrogen-bond donors (Lipinski definition) is 0. The van der Waals surface area contributed by atoms with E-state index in [1.165, 1.54) is 20.3 Å². The molecule has 0 saturated heterocycles. The van der Waals surface area contributed by atoms with E-state index in [1.807, 2.05) is 0 Å². The van der Waals surface area contributed by atoms with Crippen molar-refractivity contribution in [3.63, 3.8) is 0 Å². The number of rotatable bonds is 3. The van der Waals surface area contributed by atoms with E-state index in [9.17, 15) is 9.18 Å². The van der Waals surface area contributed by atoms with Gasteiger partial charge in [-0.25, -0.2) is 9.18 Å². The van der Waals surface area contributed by atoms with Crippen LogP contribution in [0, 0.1) is 5.82 Å². The molecule has 1 aromatic carbocycles. The molecule has 4 nitrogen and oxygen atoms in total. The first-order valence-corrected chi connectivity index (χ1v) is 4.21. The molecule has 1 rings (SSSR count). The maximum Gasteiger partial charge on any atom is 0.240 e. The van der Waals surface area contributed by atoms with Crippen molar-refractivity contribution in [2.75, 3.05) is 14.2 Å². The molecule has 0 radical (unpaired) electrons. The van der Waals surface area contributed by atoms with E-state index in [2.05, 4.69) is 4.99 Å². The molecule has 0 saturated carbocycles. The van der Waals surface area contributed by atoms with Crippen LogP contribution in [0.4, 0.5) is 10.1 Å². The van der Waals surface area contributed by atoms with E-state index in [0.29, 0.717) is 0 Å². The van der Waals surface area contributed by atoms with Crippen molar-refractivity contribution < 1.29 is 18.7 Å². The number of carbonyl (C=O) groups excluding carboxylic acids is 1. The molecule has 1 aromatic rings. The number of halogens is 2. The first kappa shape index (κ1) is 11.5. The van der Waals surface area contributed by atoms with Crippen LogP contribution >= 0.6 is 11.6 Å². The molecule has 0 aliphatic rings. The molecular weight excluding hydrogens is 225 g/mol. The second-order valence-corrected chi connectivity index (χ2v) is 2.84. The van der Waals surface area contributed by atoms with Crippen LogP contribution < -0.4 is 9.47 Å². The van der Waals surface area contributed by atoms with Gasteiger partial charge in [0.1, 0.15) is 10.7 Å². The van der Waals surface area contributed by atoms with E-state index < -0.39 is 5.82 Å². The van der Waals surface area contributed by atoms with Gasteiger partial charge < -0.3 is 9.47 Å². The summed E-state index contributed by atoms with van der Waals surface area (Å²) in [4.78, 5) is 13.3. The van der Waals surface area contributed by atoms with Gasteiger partial charge in [-0.05, 0) is 0 Å². The van der Waals surface area contributed by atoms with E-state index >= 15 is 0 Å². The van der Waals surface area contributed by atoms with Crippen molar-refractivity contribution >= 4 is 23.4 Å². The lowest BCUT2D eigenvalue weighted by Gasteiger charge is -2.10. The van der Waals surface area contributed by atoms with Gasteiger partial charge in [0.2, 0.25) is 6.08 Å². The second kappa shape index (κ2) is 4.77. The maximum absolute atomic E-state index is 13.3. The number of benzene rings is 1. The van der Waals surface area contributed by atoms with E-state index in [4.69, 9.17) is 21.1 Å². The monoisotopic (exact) mass is 231 g/mol. The molecule has 0 aliphatic heterocycles. The molecule has 0 heterocycles. The minimum Gasteiger partial charge on any atom is -0.491 e. The van der Waals surface area contributed by atoms with Crippen molar-refractivity contribution in [1.29, 1.82) is 0 Å². The normalized spacial score (nSPS) is 9.33. The topological polar surface area (TPSA) is 47.9 Å². The predicted octanol–water partition coefficient (Wildman–Crippen LogP) is 2.46. The summed E-state index contributed by atoms with van der Waals surface area (Å²) in [6.07, 6.45) is 1.27. The molecule has 0 bridgehead atoms. The van der Waals surface area contributed by atoms with Crippen molar-refractivity contribution in [1.82, 2.24) is 0 Å². The van der Waals surface area contributed by atoms with E-state index in [0.717, 1.165) is 6.07 Å². The zero-order valence-corrected chi connectivity index (χ0v) is 8.76. The molecule has 0 unspecified atom stereocenters. The fraction of sp³-hybridized carbons (Fsp3) is 0.222. The summed E-state index contributed by atoms with van der Waals surface area (Å²) in [5.74, 6) is -0.853. The molecular formula is C9H7ClFNO3. The Balaban J connectivity index is 3.50. The third kappa shape index (κ3) is 2.09. The zero-order chi connectivity index (χ0) is 11.4. The van der Waals surface area contributed by atoms with Gasteiger partial charge >= 0.3 is 0 Å². The summed E-state index contributed by atoms with van der Waals surface area (Å²) in [5, 5.41) is -0.000833. The van der Waals surface area contributed by atoms with Gasteiger partial charge in [-0.1, -0.05) is 11.6 Å². The van der Waals surface area contributed by atoms with Gasteiger partial charge in [-0.15, -0.1) is 0 Å². The molecule has 0 atom stereocenters. The zero-order valence-electron chi connectivity index (χ0n) is 8.01. The smallest absolute Gasteiger partial charge is 0.240 e. The second-order valence-electron chi connectivity index (χ2n) is 2.46. The number of ether oxygens (including phenoxy) is 2. The van der Waals surface area contributed by atoms with Crippen LogP contribution in [-0.2, 0) is 4.79 Å². The third-order valence-electron chi connectivity index (χ3n) is 1.69. The van der Waals surface area contributed by atoms with Crippen molar-refractivity contribution in [3.05, 3.63) is 16.9 Å². The van der Waals surface area contributed by atoms with Gasteiger partial charge in [-0.3, -0.25) is 0 Å². The van der Waals surface area contributed by atoms with Crippen LogP contribution in [-0.4, -0.2) is 20.3 Å². The van der Waals surface area contributed by atoms with Gasteiger partial charge in [0, 0.05) is 6.07 Å². The molecule has 0 aliphatic carbocycles. The molecule has 0 aromatic heterocycles. The Hall–Kier alpha value is -1.58. The summed E-state index contributed by atoms with van der Waals surface area (Å²) >= 11 is 5.80. The van der Waals surface area contributed by atoms with Crippen LogP contribution in [0.3, 0.4) is 0 Å². The van der Waals surface area contributed by atoms with E-state index in [-0.39, 0.29) is 22.2 Å². The summed E-state index contributed by atoms with van der Waals surface area (Å²) in [7, 11) is 2.58. The minimum absolute atomic E-state index is 0.000833. The lowest BCUT2D eigenvalue weighted by molar-refractivity contribution is 0.338. The van der Waals surface area contributed by atoms with Gasteiger partial charge in [0.05, 0.1) is 14.2 Å². The maximum atomic E-state index is 13.3. The Labute approximate surface area is 90.3 Å². The highest BCUT2D eigenvalue weighted by atomic mass is 35.5. The number of nitrogens with zero attached hydrogens (tertiary/aromatic N) is 1. The lowest BCUT2D eigenvalue weighted by atomic mass is 10.2. The summed E-state index contributed by atoms with van der Waals surface area (Å²) in [6, 6.07) is 0.967. The third-order valence-corrected chi connectivity index (χ3v) is 2.05.